The van der Waals surface area contributed by atoms with Gasteiger partial charge < -0.3 is 4.89 Å². The fourth-order valence-corrected chi connectivity index (χ4v) is 2.36. The predicted octanol–water partition coefficient (Wildman–Crippen LogP) is 2.44. The molecule has 0 radical (unpaired) electrons. The van der Waals surface area contributed by atoms with Crippen LogP contribution in [0.25, 0.3) is 0 Å². The molecule has 0 aliphatic heterocycles. The first kappa shape index (κ1) is 10.7. The van der Waals surface area contributed by atoms with E-state index in [4.69, 9.17) is 9.42 Å². The Balaban J connectivity index is 2.83. The van der Waals surface area contributed by atoms with Crippen molar-refractivity contribution in [1.82, 2.24) is 0 Å². The first-order chi connectivity index (χ1) is 5.91. The van der Waals surface area contributed by atoms with Crippen molar-refractivity contribution >= 4 is 8.25 Å². The van der Waals surface area contributed by atoms with Crippen LogP contribution in [0.1, 0.15) is 27.2 Å². The zero-order valence-electron chi connectivity index (χ0n) is 8.13. The average Bonchev–Trinajstić information content (AvgIpc) is 1.77. The van der Waals surface area contributed by atoms with E-state index in [0.717, 1.165) is 5.57 Å². The Morgan fingerprint density at radius 1 is 1.62 bits per heavy atom. The lowest BCUT2D eigenvalue weighted by Gasteiger charge is -2.28. The standard InChI is InChI=1S/C9H15O3P/c1-7-4-8(2)6-9(3,5-7)12-13(10)11/h4-5,13H,6H2,1-3H3,(H,10,11). The lowest BCUT2D eigenvalue weighted by molar-refractivity contribution is 0.131. The van der Waals surface area contributed by atoms with E-state index in [0.29, 0.717) is 6.42 Å². The molecule has 1 rings (SSSR count). The number of rotatable bonds is 2. The summed E-state index contributed by atoms with van der Waals surface area (Å²) in [5, 5.41) is 0. The molecule has 0 aromatic heterocycles. The van der Waals surface area contributed by atoms with Gasteiger partial charge in [0, 0.05) is 6.42 Å². The molecular weight excluding hydrogens is 187 g/mol. The molecule has 13 heavy (non-hydrogen) atoms. The topological polar surface area (TPSA) is 46.5 Å². The summed E-state index contributed by atoms with van der Waals surface area (Å²) in [4.78, 5) is 8.72. The summed E-state index contributed by atoms with van der Waals surface area (Å²) in [7, 11) is -2.86. The van der Waals surface area contributed by atoms with E-state index in [1.165, 1.54) is 5.57 Å². The van der Waals surface area contributed by atoms with E-state index in [2.05, 4.69) is 6.08 Å². The second-order valence-corrected chi connectivity index (χ2v) is 4.47. The summed E-state index contributed by atoms with van der Waals surface area (Å²) >= 11 is 0. The van der Waals surface area contributed by atoms with E-state index >= 15 is 0 Å². The van der Waals surface area contributed by atoms with Crippen molar-refractivity contribution in [2.75, 3.05) is 0 Å². The molecule has 1 N–H and O–H groups in total. The van der Waals surface area contributed by atoms with Crippen LogP contribution in [0.5, 0.6) is 0 Å². The molecule has 74 valence electrons. The van der Waals surface area contributed by atoms with E-state index in [-0.39, 0.29) is 0 Å². The molecule has 1 aliphatic carbocycles. The van der Waals surface area contributed by atoms with E-state index < -0.39 is 13.9 Å². The summed E-state index contributed by atoms with van der Waals surface area (Å²) < 4.78 is 15.6. The summed E-state index contributed by atoms with van der Waals surface area (Å²) in [6.45, 7) is 5.78. The van der Waals surface area contributed by atoms with Gasteiger partial charge in [-0.05, 0) is 26.8 Å². The SMILES string of the molecule is CC1=CC(C)(O[PH](=O)O)CC(C)=C1. The fourth-order valence-electron chi connectivity index (χ4n) is 1.83. The van der Waals surface area contributed by atoms with Crippen molar-refractivity contribution in [3.63, 3.8) is 0 Å². The quantitative estimate of drug-likeness (QED) is 0.699. The van der Waals surface area contributed by atoms with Gasteiger partial charge in [0.1, 0.15) is 0 Å². The molecular formula is C9H15O3P. The third kappa shape index (κ3) is 3.11. The van der Waals surface area contributed by atoms with Gasteiger partial charge in [-0.1, -0.05) is 17.2 Å². The minimum Gasteiger partial charge on any atom is -0.326 e. The highest BCUT2D eigenvalue weighted by atomic mass is 31.1. The highest BCUT2D eigenvalue weighted by Gasteiger charge is 2.27. The minimum atomic E-state index is -2.86. The van der Waals surface area contributed by atoms with Gasteiger partial charge in [0.05, 0.1) is 5.60 Å². The summed E-state index contributed by atoms with van der Waals surface area (Å²) in [6, 6.07) is 0. The molecule has 0 saturated heterocycles. The summed E-state index contributed by atoms with van der Waals surface area (Å²) in [5.74, 6) is 0. The largest absolute Gasteiger partial charge is 0.326 e. The van der Waals surface area contributed by atoms with Gasteiger partial charge in [0.15, 0.2) is 0 Å². The first-order valence-electron chi connectivity index (χ1n) is 4.20. The molecule has 1 aliphatic rings. The van der Waals surface area contributed by atoms with Gasteiger partial charge in [0.2, 0.25) is 0 Å². The van der Waals surface area contributed by atoms with Gasteiger partial charge in [-0.25, -0.2) is 0 Å². The molecule has 0 heterocycles. The van der Waals surface area contributed by atoms with Crippen molar-refractivity contribution in [2.45, 2.75) is 32.8 Å². The molecule has 2 unspecified atom stereocenters. The van der Waals surface area contributed by atoms with Gasteiger partial charge in [-0.2, -0.15) is 0 Å². The monoisotopic (exact) mass is 202 g/mol. The lowest BCUT2D eigenvalue weighted by Crippen LogP contribution is -2.26. The Kier molecular flexibility index (Phi) is 3.12. The van der Waals surface area contributed by atoms with Crippen LogP contribution >= 0.6 is 8.25 Å². The van der Waals surface area contributed by atoms with Gasteiger partial charge in [-0.15, -0.1) is 0 Å². The number of allylic oxidation sites excluding steroid dienone is 2. The second-order valence-electron chi connectivity index (χ2n) is 3.74. The van der Waals surface area contributed by atoms with Crippen molar-refractivity contribution < 1.29 is 14.0 Å². The maximum atomic E-state index is 10.6. The van der Waals surface area contributed by atoms with Crippen LogP contribution in [0.4, 0.5) is 0 Å². The highest BCUT2D eigenvalue weighted by Crippen LogP contribution is 2.35. The lowest BCUT2D eigenvalue weighted by atomic mass is 9.89. The molecule has 0 aromatic rings. The molecule has 0 aromatic carbocycles. The van der Waals surface area contributed by atoms with Crippen LogP contribution in [0, 0.1) is 0 Å². The van der Waals surface area contributed by atoms with Crippen LogP contribution in [-0.2, 0) is 9.09 Å². The Bertz CT molecular complexity index is 289. The van der Waals surface area contributed by atoms with Crippen molar-refractivity contribution in [1.29, 1.82) is 0 Å². The summed E-state index contributed by atoms with van der Waals surface area (Å²) in [5.41, 5.74) is 1.65. The van der Waals surface area contributed by atoms with Crippen molar-refractivity contribution in [3.8, 4) is 0 Å². The van der Waals surface area contributed by atoms with Crippen molar-refractivity contribution in [3.05, 3.63) is 23.3 Å². The minimum absolute atomic E-state index is 0.603. The van der Waals surface area contributed by atoms with Gasteiger partial charge >= 0.3 is 8.25 Å². The average molecular weight is 202 g/mol. The van der Waals surface area contributed by atoms with Gasteiger partial charge in [-0.3, -0.25) is 9.09 Å². The molecule has 0 bridgehead atoms. The smallest absolute Gasteiger partial charge is 0.317 e. The third-order valence-corrected chi connectivity index (χ3v) is 2.60. The van der Waals surface area contributed by atoms with Crippen LogP contribution in [0.15, 0.2) is 23.3 Å². The van der Waals surface area contributed by atoms with Gasteiger partial charge in [0.25, 0.3) is 0 Å². The van der Waals surface area contributed by atoms with Crippen LogP contribution < -0.4 is 0 Å². The van der Waals surface area contributed by atoms with E-state index in [1.807, 2.05) is 26.8 Å². The van der Waals surface area contributed by atoms with E-state index in [1.54, 1.807) is 0 Å². The Labute approximate surface area is 79.1 Å². The number of hydrogen-bond acceptors (Lipinski definition) is 2. The molecule has 4 heteroatoms. The molecule has 3 nitrogen and oxygen atoms in total. The molecule has 0 amide bonds. The molecule has 2 atom stereocenters. The Morgan fingerprint density at radius 2 is 2.23 bits per heavy atom. The maximum absolute atomic E-state index is 10.6. The van der Waals surface area contributed by atoms with E-state index in [9.17, 15) is 4.57 Å². The fraction of sp³-hybridized carbons (Fsp3) is 0.556. The molecule has 0 fully saturated rings. The van der Waals surface area contributed by atoms with Crippen LogP contribution in [-0.4, -0.2) is 10.5 Å². The van der Waals surface area contributed by atoms with Crippen molar-refractivity contribution in [2.24, 2.45) is 0 Å². The Morgan fingerprint density at radius 3 is 2.69 bits per heavy atom. The molecule has 0 spiro atoms. The zero-order valence-corrected chi connectivity index (χ0v) is 9.13. The summed E-state index contributed by atoms with van der Waals surface area (Å²) in [6.07, 6.45) is 4.62. The first-order valence-corrected chi connectivity index (χ1v) is 5.46. The normalized spacial score (nSPS) is 30.8. The zero-order chi connectivity index (χ0) is 10.1. The highest BCUT2D eigenvalue weighted by molar-refractivity contribution is 7.32. The predicted molar refractivity (Wildman–Crippen MR) is 52.8 cm³/mol. The third-order valence-electron chi connectivity index (χ3n) is 1.96. The molecule has 0 saturated carbocycles. The van der Waals surface area contributed by atoms with Crippen LogP contribution in [0.3, 0.4) is 0 Å². The van der Waals surface area contributed by atoms with Crippen LogP contribution in [0.2, 0.25) is 0 Å². The number of hydrogen-bond donors (Lipinski definition) is 1. The maximum Gasteiger partial charge on any atom is 0.317 e. The Hall–Kier alpha value is -0.370. The second kappa shape index (κ2) is 3.79.